The number of esters is 1. The smallest absolute Gasteiger partial charge is 0.337 e. The number of carbonyl (C=O) groups excluding carboxylic acids is 2. The van der Waals surface area contributed by atoms with Crippen LogP contribution in [0.2, 0.25) is 0 Å². The Morgan fingerprint density at radius 3 is 2.33 bits per heavy atom. The first-order valence-electron chi connectivity index (χ1n) is 14.2. The summed E-state index contributed by atoms with van der Waals surface area (Å²) in [5.41, 5.74) is 5.27. The standard InChI is InChI=1S/C35H37NO6/c1-21(2)42-35(38)32-22(3)36-27-17-25(24-15-16-30(39-4)31(19-24)40-5)18-28(37)34(27)33(32)26-13-9-10-14-29(26)41-20-23-11-7-6-8-12-23/h6-16,19,21,25,33,36H,17-18,20H2,1-5H3. The molecule has 0 amide bonds. The number of carbonyl (C=O) groups is 2. The third-order valence-electron chi connectivity index (χ3n) is 7.74. The van der Waals surface area contributed by atoms with Gasteiger partial charge in [0.1, 0.15) is 12.4 Å². The van der Waals surface area contributed by atoms with Crippen LogP contribution in [-0.2, 0) is 20.9 Å². The predicted molar refractivity (Wildman–Crippen MR) is 161 cm³/mol. The number of hydrogen-bond donors (Lipinski definition) is 1. The second-order valence-corrected chi connectivity index (χ2v) is 10.9. The van der Waals surface area contributed by atoms with Gasteiger partial charge in [0.05, 0.1) is 31.8 Å². The summed E-state index contributed by atoms with van der Waals surface area (Å²) in [7, 11) is 3.20. The average molecular weight is 568 g/mol. The van der Waals surface area contributed by atoms with Gasteiger partial charge in [0.15, 0.2) is 17.3 Å². The summed E-state index contributed by atoms with van der Waals surface area (Å²) >= 11 is 0. The number of hydrogen-bond acceptors (Lipinski definition) is 7. The fourth-order valence-electron chi connectivity index (χ4n) is 5.83. The van der Waals surface area contributed by atoms with Crippen molar-refractivity contribution in [1.29, 1.82) is 0 Å². The van der Waals surface area contributed by atoms with Gasteiger partial charge in [-0.2, -0.15) is 0 Å². The monoisotopic (exact) mass is 567 g/mol. The van der Waals surface area contributed by atoms with Crippen molar-refractivity contribution in [2.24, 2.45) is 0 Å². The summed E-state index contributed by atoms with van der Waals surface area (Å²) in [5, 5.41) is 3.42. The van der Waals surface area contributed by atoms with Gasteiger partial charge in [0, 0.05) is 29.0 Å². The van der Waals surface area contributed by atoms with Crippen LogP contribution >= 0.6 is 0 Å². The van der Waals surface area contributed by atoms with Crippen molar-refractivity contribution in [2.45, 2.75) is 58.2 Å². The van der Waals surface area contributed by atoms with Crippen molar-refractivity contribution in [3.8, 4) is 17.2 Å². The van der Waals surface area contributed by atoms with Crippen molar-refractivity contribution in [1.82, 2.24) is 5.32 Å². The molecule has 0 bridgehead atoms. The van der Waals surface area contributed by atoms with Crippen molar-refractivity contribution in [3.05, 3.63) is 112 Å². The number of ketones is 1. The van der Waals surface area contributed by atoms with Crippen LogP contribution in [0.4, 0.5) is 0 Å². The molecule has 0 spiro atoms. The molecule has 1 heterocycles. The van der Waals surface area contributed by atoms with Gasteiger partial charge < -0.3 is 24.3 Å². The molecule has 0 saturated heterocycles. The van der Waals surface area contributed by atoms with Crippen LogP contribution in [0.15, 0.2) is 95.3 Å². The van der Waals surface area contributed by atoms with Crippen molar-refractivity contribution in [2.75, 3.05) is 14.2 Å². The molecule has 0 aromatic heterocycles. The Morgan fingerprint density at radius 2 is 1.62 bits per heavy atom. The molecule has 1 N–H and O–H groups in total. The second-order valence-electron chi connectivity index (χ2n) is 10.9. The third-order valence-corrected chi connectivity index (χ3v) is 7.74. The number of ether oxygens (including phenoxy) is 4. The minimum atomic E-state index is -0.627. The van der Waals surface area contributed by atoms with Gasteiger partial charge in [-0.15, -0.1) is 0 Å². The van der Waals surface area contributed by atoms with Crippen molar-refractivity contribution < 1.29 is 28.5 Å². The van der Waals surface area contributed by atoms with E-state index in [0.717, 1.165) is 22.4 Å². The number of Topliss-reactive ketones (excluding diaryl/α,β-unsaturated/α-hetero) is 1. The maximum Gasteiger partial charge on any atom is 0.337 e. The average Bonchev–Trinajstić information content (AvgIpc) is 2.99. The zero-order valence-corrected chi connectivity index (χ0v) is 24.7. The van der Waals surface area contributed by atoms with E-state index in [1.807, 2.05) is 93.6 Å². The summed E-state index contributed by atoms with van der Waals surface area (Å²) in [6.45, 7) is 5.87. The van der Waals surface area contributed by atoms with Crippen LogP contribution < -0.4 is 19.5 Å². The fourth-order valence-corrected chi connectivity index (χ4v) is 5.83. The van der Waals surface area contributed by atoms with Crippen molar-refractivity contribution in [3.63, 3.8) is 0 Å². The molecule has 0 radical (unpaired) electrons. The molecule has 2 atom stereocenters. The molecule has 1 aliphatic carbocycles. The molecule has 2 unspecified atom stereocenters. The maximum atomic E-state index is 14.1. The lowest BCUT2D eigenvalue weighted by Gasteiger charge is -2.37. The maximum absolute atomic E-state index is 14.1. The Hall–Kier alpha value is -4.52. The number of dihydropyridines is 1. The number of benzene rings is 3. The van der Waals surface area contributed by atoms with Crippen LogP contribution in [0.5, 0.6) is 17.2 Å². The Bertz CT molecular complexity index is 1540. The molecule has 0 saturated carbocycles. The molecule has 3 aromatic rings. The zero-order valence-electron chi connectivity index (χ0n) is 24.7. The first kappa shape index (κ1) is 29.0. The molecule has 5 rings (SSSR count). The summed E-state index contributed by atoms with van der Waals surface area (Å²) < 4.78 is 22.9. The van der Waals surface area contributed by atoms with Crippen LogP contribution in [0.1, 0.15) is 62.1 Å². The lowest BCUT2D eigenvalue weighted by molar-refractivity contribution is -0.143. The lowest BCUT2D eigenvalue weighted by atomic mass is 9.71. The fraction of sp³-hybridized carbons (Fsp3) is 0.314. The Balaban J connectivity index is 1.56. The van der Waals surface area contributed by atoms with E-state index in [-0.39, 0.29) is 17.8 Å². The molecule has 1 aliphatic heterocycles. The summed E-state index contributed by atoms with van der Waals surface area (Å²) in [6, 6.07) is 23.3. The second kappa shape index (κ2) is 12.6. The van der Waals surface area contributed by atoms with E-state index in [1.165, 1.54) is 0 Å². The van der Waals surface area contributed by atoms with E-state index in [1.54, 1.807) is 14.2 Å². The predicted octanol–water partition coefficient (Wildman–Crippen LogP) is 6.60. The Kier molecular flexibility index (Phi) is 8.67. The highest BCUT2D eigenvalue weighted by Gasteiger charge is 2.42. The molecular weight excluding hydrogens is 530 g/mol. The van der Waals surface area contributed by atoms with Crippen LogP contribution in [0, 0.1) is 0 Å². The number of para-hydroxylation sites is 1. The van der Waals surface area contributed by atoms with Gasteiger partial charge in [-0.05, 0) is 62.4 Å². The van der Waals surface area contributed by atoms with E-state index in [4.69, 9.17) is 18.9 Å². The van der Waals surface area contributed by atoms with Crippen LogP contribution in [0.25, 0.3) is 0 Å². The van der Waals surface area contributed by atoms with E-state index in [9.17, 15) is 9.59 Å². The highest BCUT2D eigenvalue weighted by molar-refractivity contribution is 6.04. The zero-order chi connectivity index (χ0) is 29.8. The van der Waals surface area contributed by atoms with E-state index in [2.05, 4.69) is 5.32 Å². The normalized spacial score (nSPS) is 18.4. The third kappa shape index (κ3) is 5.91. The van der Waals surface area contributed by atoms with Gasteiger partial charge in [0.2, 0.25) is 0 Å². The van der Waals surface area contributed by atoms with Crippen LogP contribution in [-0.4, -0.2) is 32.1 Å². The first-order valence-corrected chi connectivity index (χ1v) is 14.2. The number of allylic oxidation sites excluding steroid dienone is 3. The van der Waals surface area contributed by atoms with Gasteiger partial charge in [-0.3, -0.25) is 4.79 Å². The Labute approximate surface area is 247 Å². The van der Waals surface area contributed by atoms with Crippen LogP contribution in [0.3, 0.4) is 0 Å². The topological polar surface area (TPSA) is 83.1 Å². The van der Waals surface area contributed by atoms with Gasteiger partial charge in [-0.1, -0.05) is 54.6 Å². The van der Waals surface area contributed by atoms with Crippen molar-refractivity contribution >= 4 is 11.8 Å². The van der Waals surface area contributed by atoms with Gasteiger partial charge >= 0.3 is 5.97 Å². The minimum Gasteiger partial charge on any atom is -0.493 e. The minimum absolute atomic E-state index is 0.0197. The molecule has 3 aromatic carbocycles. The molecule has 0 fully saturated rings. The largest absolute Gasteiger partial charge is 0.493 e. The quantitative estimate of drug-likeness (QED) is 0.292. The Morgan fingerprint density at radius 1 is 0.905 bits per heavy atom. The van der Waals surface area contributed by atoms with Gasteiger partial charge in [-0.25, -0.2) is 4.79 Å². The number of methoxy groups -OCH3 is 2. The summed E-state index contributed by atoms with van der Waals surface area (Å²) in [4.78, 5) is 27.7. The molecular formula is C35H37NO6. The molecule has 7 nitrogen and oxygen atoms in total. The van der Waals surface area contributed by atoms with E-state index in [0.29, 0.717) is 53.5 Å². The number of rotatable bonds is 9. The number of nitrogens with one attached hydrogen (secondary N) is 1. The van der Waals surface area contributed by atoms with Gasteiger partial charge in [0.25, 0.3) is 0 Å². The highest BCUT2D eigenvalue weighted by atomic mass is 16.5. The highest BCUT2D eigenvalue weighted by Crippen LogP contribution is 2.48. The summed E-state index contributed by atoms with van der Waals surface area (Å²) in [5.74, 6) is 0.726. The molecule has 218 valence electrons. The lowest BCUT2D eigenvalue weighted by Crippen LogP contribution is -2.36. The molecule has 42 heavy (non-hydrogen) atoms. The van der Waals surface area contributed by atoms with E-state index >= 15 is 0 Å². The summed E-state index contributed by atoms with van der Waals surface area (Å²) in [6.07, 6.45) is 0.588. The molecule has 7 heteroatoms. The first-order chi connectivity index (χ1) is 20.3. The van der Waals surface area contributed by atoms with E-state index < -0.39 is 11.9 Å². The molecule has 2 aliphatic rings. The SMILES string of the molecule is COc1ccc(C2CC(=O)C3=C(C2)NC(C)=C(C(=O)OC(C)C)C3c2ccccc2OCc2ccccc2)cc1OC.